The third-order valence-electron chi connectivity index (χ3n) is 5.86. The molecule has 1 aromatic carbocycles. The van der Waals surface area contributed by atoms with Crippen LogP contribution in [0.4, 0.5) is 4.79 Å². The fraction of sp³-hybridized carbons (Fsp3) is 0.667. The zero-order valence-electron chi connectivity index (χ0n) is 22.9. The second-order valence-corrected chi connectivity index (χ2v) is 9.21. The summed E-state index contributed by atoms with van der Waals surface area (Å²) in [5.74, 6) is 0.103. The summed E-state index contributed by atoms with van der Waals surface area (Å²) < 4.78 is 44.3. The Morgan fingerprint density at radius 3 is 2.46 bits per heavy atom. The molecular formula is C27H43NO9. The van der Waals surface area contributed by atoms with Crippen LogP contribution in [0.1, 0.15) is 38.7 Å². The van der Waals surface area contributed by atoms with E-state index in [2.05, 4.69) is 16.1 Å². The molecule has 1 saturated heterocycles. The van der Waals surface area contributed by atoms with E-state index in [9.17, 15) is 4.79 Å². The van der Waals surface area contributed by atoms with Gasteiger partial charge in [-0.3, -0.25) is 0 Å². The summed E-state index contributed by atoms with van der Waals surface area (Å²) in [4.78, 5) is 11.5. The molecule has 1 fully saturated rings. The molecule has 1 aliphatic rings. The van der Waals surface area contributed by atoms with E-state index in [1.165, 1.54) is 7.11 Å². The molecule has 1 aliphatic heterocycles. The average Bonchev–Trinajstić information content (AvgIpc) is 3.19. The Morgan fingerprint density at radius 1 is 1.08 bits per heavy atom. The highest BCUT2D eigenvalue weighted by atomic mass is 16.8. The SMILES string of the molecule is COCO[C@H](CNC(=O)OC)C[C@@H]1OC(C)(C)O[C@@H]1CC/C(=C/COCc1ccc(OC)cc1)COC. The molecule has 3 atom stereocenters. The van der Waals surface area contributed by atoms with Crippen molar-refractivity contribution in [2.24, 2.45) is 0 Å². The van der Waals surface area contributed by atoms with Gasteiger partial charge >= 0.3 is 6.09 Å². The molecule has 0 bridgehead atoms. The normalized spacial score (nSPS) is 20.0. The number of methoxy groups -OCH3 is 4. The van der Waals surface area contributed by atoms with Gasteiger partial charge < -0.3 is 43.2 Å². The van der Waals surface area contributed by atoms with Crippen molar-refractivity contribution in [3.8, 4) is 5.75 Å². The maximum atomic E-state index is 11.5. The van der Waals surface area contributed by atoms with Crippen LogP contribution in [0.25, 0.3) is 0 Å². The first kappa shape index (κ1) is 31.0. The lowest BCUT2D eigenvalue weighted by atomic mass is 9.99. The Hall–Kier alpha value is -2.21. The lowest BCUT2D eigenvalue weighted by Crippen LogP contribution is -2.38. The average molecular weight is 526 g/mol. The highest BCUT2D eigenvalue weighted by Crippen LogP contribution is 2.34. The van der Waals surface area contributed by atoms with E-state index in [1.807, 2.05) is 38.1 Å². The molecule has 0 aromatic heterocycles. The quantitative estimate of drug-likeness (QED) is 0.185. The van der Waals surface area contributed by atoms with Crippen LogP contribution < -0.4 is 10.1 Å². The van der Waals surface area contributed by atoms with Crippen LogP contribution in [0.2, 0.25) is 0 Å². The van der Waals surface area contributed by atoms with Crippen molar-refractivity contribution in [2.45, 2.75) is 63.8 Å². The number of carbonyl (C=O) groups excluding carboxylic acids is 1. The molecule has 0 unspecified atom stereocenters. The minimum Gasteiger partial charge on any atom is -0.497 e. The Kier molecular flexibility index (Phi) is 13.9. The van der Waals surface area contributed by atoms with Crippen molar-refractivity contribution in [1.82, 2.24) is 5.32 Å². The van der Waals surface area contributed by atoms with Crippen LogP contribution in [-0.2, 0) is 39.8 Å². The predicted octanol–water partition coefficient (Wildman–Crippen LogP) is 3.82. The number of benzene rings is 1. The van der Waals surface area contributed by atoms with Crippen LogP contribution in [-0.4, -0.2) is 85.2 Å². The number of carbonyl (C=O) groups is 1. The summed E-state index contributed by atoms with van der Waals surface area (Å²) in [7, 11) is 6.20. The van der Waals surface area contributed by atoms with Crippen LogP contribution in [0, 0.1) is 0 Å². The van der Waals surface area contributed by atoms with Gasteiger partial charge in [-0.1, -0.05) is 18.2 Å². The predicted molar refractivity (Wildman–Crippen MR) is 137 cm³/mol. The second kappa shape index (κ2) is 16.6. The van der Waals surface area contributed by atoms with Gasteiger partial charge in [-0.25, -0.2) is 4.79 Å². The van der Waals surface area contributed by atoms with Crippen LogP contribution >= 0.6 is 0 Å². The van der Waals surface area contributed by atoms with Gasteiger partial charge in [0, 0.05) is 27.2 Å². The smallest absolute Gasteiger partial charge is 0.406 e. The Labute approximate surface area is 220 Å². The second-order valence-electron chi connectivity index (χ2n) is 9.21. The summed E-state index contributed by atoms with van der Waals surface area (Å²) >= 11 is 0. The first-order valence-electron chi connectivity index (χ1n) is 12.5. The molecule has 0 aliphatic carbocycles. The molecule has 210 valence electrons. The largest absolute Gasteiger partial charge is 0.497 e. The number of ether oxygens (including phenoxy) is 8. The molecule has 10 nitrogen and oxygen atoms in total. The standard InChI is InChI=1S/C27H43NO9/c1-27(2)36-24(25(37-27)15-23(35-19-31-4)16-28-26(29)33-6)12-9-21(17-30-3)13-14-34-18-20-7-10-22(32-5)11-8-20/h7-8,10-11,13,23-25H,9,12,14-19H2,1-6H3,(H,28,29)/b21-13-/t23-,24+,25-/m0/s1. The minimum atomic E-state index is -0.719. The number of hydrogen-bond acceptors (Lipinski definition) is 9. The molecule has 10 heteroatoms. The van der Waals surface area contributed by atoms with E-state index >= 15 is 0 Å². The van der Waals surface area contributed by atoms with Gasteiger partial charge in [0.15, 0.2) is 5.79 Å². The van der Waals surface area contributed by atoms with Gasteiger partial charge in [-0.05, 0) is 50.0 Å². The maximum Gasteiger partial charge on any atom is 0.406 e. The van der Waals surface area contributed by atoms with Crippen LogP contribution in [0.5, 0.6) is 5.75 Å². The lowest BCUT2D eigenvalue weighted by molar-refractivity contribution is -0.151. The summed E-state index contributed by atoms with van der Waals surface area (Å²) in [6, 6.07) is 7.82. The van der Waals surface area contributed by atoms with Crippen molar-refractivity contribution in [2.75, 3.05) is 55.0 Å². The molecule has 37 heavy (non-hydrogen) atoms. The molecule has 1 N–H and O–H groups in total. The molecular weight excluding hydrogens is 482 g/mol. The summed E-state index contributed by atoms with van der Waals surface area (Å²) in [6.45, 7) is 5.67. The number of alkyl carbamates (subject to hydrolysis) is 1. The highest BCUT2D eigenvalue weighted by molar-refractivity contribution is 5.66. The van der Waals surface area contributed by atoms with E-state index in [0.717, 1.165) is 29.7 Å². The third-order valence-corrected chi connectivity index (χ3v) is 5.86. The van der Waals surface area contributed by atoms with Crippen LogP contribution in [0.15, 0.2) is 35.9 Å². The van der Waals surface area contributed by atoms with Crippen molar-refractivity contribution in [1.29, 1.82) is 0 Å². The van der Waals surface area contributed by atoms with Crippen LogP contribution in [0.3, 0.4) is 0 Å². The monoisotopic (exact) mass is 525 g/mol. The van der Waals surface area contributed by atoms with Crippen molar-refractivity contribution in [3.63, 3.8) is 0 Å². The molecule has 1 heterocycles. The fourth-order valence-corrected chi connectivity index (χ4v) is 4.08. The van der Waals surface area contributed by atoms with Gasteiger partial charge in [0.1, 0.15) is 12.5 Å². The summed E-state index contributed by atoms with van der Waals surface area (Å²) in [5.41, 5.74) is 2.21. The Morgan fingerprint density at radius 2 is 1.81 bits per heavy atom. The lowest BCUT2D eigenvalue weighted by Gasteiger charge is -2.24. The third kappa shape index (κ3) is 11.8. The Bertz CT molecular complexity index is 813. The first-order valence-corrected chi connectivity index (χ1v) is 12.5. The molecule has 1 aromatic rings. The molecule has 0 saturated carbocycles. The maximum absolute atomic E-state index is 11.5. The molecule has 0 radical (unpaired) electrons. The topological polar surface area (TPSA) is 103 Å². The number of hydrogen-bond donors (Lipinski definition) is 1. The van der Waals surface area contributed by atoms with Crippen molar-refractivity contribution in [3.05, 3.63) is 41.5 Å². The van der Waals surface area contributed by atoms with Crippen molar-refractivity contribution >= 4 is 6.09 Å². The zero-order chi connectivity index (χ0) is 27.1. The van der Waals surface area contributed by atoms with Gasteiger partial charge in [-0.15, -0.1) is 0 Å². The first-order chi connectivity index (χ1) is 17.8. The minimum absolute atomic E-state index is 0.104. The van der Waals surface area contributed by atoms with E-state index in [1.54, 1.807) is 21.3 Å². The molecule has 1 amide bonds. The van der Waals surface area contributed by atoms with Crippen molar-refractivity contribution < 1.29 is 42.7 Å². The summed E-state index contributed by atoms with van der Waals surface area (Å²) in [6.07, 6.45) is 2.88. The Balaban J connectivity index is 1.92. The van der Waals surface area contributed by atoms with E-state index in [0.29, 0.717) is 26.2 Å². The van der Waals surface area contributed by atoms with Gasteiger partial charge in [0.2, 0.25) is 0 Å². The highest BCUT2D eigenvalue weighted by Gasteiger charge is 2.42. The van der Waals surface area contributed by atoms with Gasteiger partial charge in [-0.2, -0.15) is 0 Å². The number of rotatable bonds is 17. The van der Waals surface area contributed by atoms with E-state index in [4.69, 9.17) is 33.2 Å². The molecule has 0 spiro atoms. The molecule has 2 rings (SSSR count). The number of nitrogens with one attached hydrogen (secondary N) is 1. The van der Waals surface area contributed by atoms with E-state index < -0.39 is 11.9 Å². The fourth-order valence-electron chi connectivity index (χ4n) is 4.08. The zero-order valence-corrected chi connectivity index (χ0v) is 22.9. The summed E-state index contributed by atoms with van der Waals surface area (Å²) in [5, 5.41) is 2.68. The van der Waals surface area contributed by atoms with E-state index in [-0.39, 0.29) is 31.6 Å². The number of amides is 1. The van der Waals surface area contributed by atoms with Gasteiger partial charge in [0.25, 0.3) is 0 Å². The van der Waals surface area contributed by atoms with Gasteiger partial charge in [0.05, 0.1) is 52.4 Å².